The van der Waals surface area contributed by atoms with E-state index in [0.717, 1.165) is 23.5 Å². The van der Waals surface area contributed by atoms with Gasteiger partial charge in [0.1, 0.15) is 18.6 Å². The maximum atomic E-state index is 13.5. The fourth-order valence-corrected chi connectivity index (χ4v) is 6.24. The van der Waals surface area contributed by atoms with Crippen LogP contribution in [0.3, 0.4) is 0 Å². The Morgan fingerprint density at radius 1 is 0.783 bits per heavy atom. The van der Waals surface area contributed by atoms with Crippen molar-refractivity contribution in [2.24, 2.45) is 0 Å². The van der Waals surface area contributed by atoms with Crippen LogP contribution in [0.25, 0.3) is 0 Å². The lowest BCUT2D eigenvalue weighted by Crippen LogP contribution is -2.26. The number of allylic oxidation sites excluding steroid dienone is 7. The van der Waals surface area contributed by atoms with E-state index in [4.69, 9.17) is 4.74 Å². The van der Waals surface area contributed by atoms with Crippen LogP contribution in [0.2, 0.25) is 0 Å². The molecule has 2 aliphatic rings. The SMILES string of the molecule is CN1/C(=C/C=C/C(=C/C=C/C2=[N+](C)c3ccc(C(F)(F)F)cc3C2(C)C)Oc2ccccc2)C(C)(C)c2cc(C(F)(F)F)ccc21. The average molecular weight is 638 g/mol. The van der Waals surface area contributed by atoms with Gasteiger partial charge in [-0.15, -0.1) is 0 Å². The predicted octanol–water partition coefficient (Wildman–Crippen LogP) is 10.1. The molecule has 2 aliphatic heterocycles. The Labute approximate surface area is 265 Å². The van der Waals surface area contributed by atoms with Crippen molar-refractivity contribution >= 4 is 17.1 Å². The van der Waals surface area contributed by atoms with Crippen molar-refractivity contribution in [1.82, 2.24) is 0 Å². The zero-order valence-corrected chi connectivity index (χ0v) is 26.4. The molecule has 3 nitrogen and oxygen atoms in total. The number of alkyl halides is 6. The largest absolute Gasteiger partial charge is 0.457 e. The lowest BCUT2D eigenvalue weighted by atomic mass is 9.80. The first-order valence-corrected chi connectivity index (χ1v) is 14.7. The van der Waals surface area contributed by atoms with Gasteiger partial charge in [-0.1, -0.05) is 44.2 Å². The minimum atomic E-state index is -4.44. The zero-order chi connectivity index (χ0) is 33.7. The molecule has 3 aromatic carbocycles. The van der Waals surface area contributed by atoms with E-state index in [1.807, 2.05) is 93.7 Å². The number of likely N-dealkylation sites (N-methyl/N-ethyl adjacent to an activating group) is 1. The zero-order valence-electron chi connectivity index (χ0n) is 26.4. The lowest BCUT2D eigenvalue weighted by Gasteiger charge is -2.23. The molecular formula is C37H35F6N2O+. The maximum Gasteiger partial charge on any atom is 0.416 e. The van der Waals surface area contributed by atoms with Crippen molar-refractivity contribution in [3.05, 3.63) is 137 Å². The van der Waals surface area contributed by atoms with Gasteiger partial charge in [0, 0.05) is 41.6 Å². The van der Waals surface area contributed by atoms with E-state index in [9.17, 15) is 26.3 Å². The number of hydrogen-bond acceptors (Lipinski definition) is 2. The third-order valence-electron chi connectivity index (χ3n) is 8.73. The van der Waals surface area contributed by atoms with Gasteiger partial charge in [0.05, 0.1) is 16.5 Å². The summed E-state index contributed by atoms with van der Waals surface area (Å²) in [6, 6.07) is 16.8. The highest BCUT2D eigenvalue weighted by atomic mass is 19.4. The second kappa shape index (κ2) is 11.7. The number of ether oxygens (including phenoxy) is 1. The van der Waals surface area contributed by atoms with E-state index in [-0.39, 0.29) is 0 Å². The second-order valence-corrected chi connectivity index (χ2v) is 12.5. The Morgan fingerprint density at radius 2 is 1.39 bits per heavy atom. The summed E-state index contributed by atoms with van der Waals surface area (Å²) >= 11 is 0. The third-order valence-corrected chi connectivity index (χ3v) is 8.73. The number of hydrogen-bond donors (Lipinski definition) is 0. The molecule has 5 rings (SSSR count). The Bertz CT molecular complexity index is 1810. The third kappa shape index (κ3) is 6.15. The summed E-state index contributed by atoms with van der Waals surface area (Å²) < 4.78 is 88.8. The van der Waals surface area contributed by atoms with Crippen LogP contribution in [0, 0.1) is 0 Å². The molecule has 0 unspecified atom stereocenters. The Hall–Kier alpha value is -4.53. The van der Waals surface area contributed by atoms with Gasteiger partial charge >= 0.3 is 12.4 Å². The molecule has 9 heteroatoms. The summed E-state index contributed by atoms with van der Waals surface area (Å²) in [6.45, 7) is 7.56. The molecule has 240 valence electrons. The van der Waals surface area contributed by atoms with Crippen molar-refractivity contribution in [1.29, 1.82) is 0 Å². The quantitative estimate of drug-likeness (QED) is 0.116. The first-order chi connectivity index (χ1) is 21.4. The van der Waals surface area contributed by atoms with Gasteiger partial charge in [0.15, 0.2) is 5.71 Å². The number of rotatable bonds is 6. The van der Waals surface area contributed by atoms with Crippen molar-refractivity contribution < 1.29 is 35.7 Å². The van der Waals surface area contributed by atoms with Crippen LogP contribution in [0.1, 0.15) is 49.9 Å². The van der Waals surface area contributed by atoms with Gasteiger partial charge < -0.3 is 9.64 Å². The minimum Gasteiger partial charge on any atom is -0.457 e. The molecule has 0 saturated carbocycles. The van der Waals surface area contributed by atoms with Crippen LogP contribution in [-0.2, 0) is 23.2 Å². The number of nitrogens with zero attached hydrogens (tertiary/aromatic N) is 2. The van der Waals surface area contributed by atoms with Gasteiger partial charge in [-0.25, -0.2) is 0 Å². The molecule has 0 aromatic heterocycles. The van der Waals surface area contributed by atoms with Crippen LogP contribution >= 0.6 is 0 Å². The number of fused-ring (bicyclic) bond motifs is 2. The van der Waals surface area contributed by atoms with Crippen LogP contribution in [0.5, 0.6) is 5.75 Å². The Balaban J connectivity index is 1.45. The van der Waals surface area contributed by atoms with Gasteiger partial charge in [0.25, 0.3) is 0 Å². The maximum absolute atomic E-state index is 13.5. The highest BCUT2D eigenvalue weighted by Crippen LogP contribution is 2.48. The minimum absolute atomic E-state index is 0.477. The second-order valence-electron chi connectivity index (χ2n) is 12.5. The topological polar surface area (TPSA) is 15.5 Å². The lowest BCUT2D eigenvalue weighted by molar-refractivity contribution is -0.401. The smallest absolute Gasteiger partial charge is 0.416 e. The van der Waals surface area contributed by atoms with Crippen molar-refractivity contribution in [3.63, 3.8) is 0 Å². The fraction of sp³-hybridized carbons (Fsp3) is 0.270. The molecule has 0 bridgehead atoms. The molecule has 0 atom stereocenters. The molecule has 0 saturated heterocycles. The monoisotopic (exact) mass is 637 g/mol. The summed E-state index contributed by atoms with van der Waals surface area (Å²) in [6.07, 6.45) is 1.95. The van der Waals surface area contributed by atoms with Gasteiger partial charge in [-0.2, -0.15) is 30.9 Å². The number of anilines is 1. The molecule has 0 amide bonds. The normalized spacial score (nSPS) is 18.7. The standard InChI is InChI=1S/C37H35F6N2O/c1-34(2)28-22-24(36(38,39)40)18-20-30(28)44(5)32(34)16-10-14-27(46-26-12-8-7-9-13-26)15-11-17-33-35(3,4)29-23-25(37(41,42)43)19-21-31(29)45(33)6/h7-23H,1-6H3/q+1. The first kappa shape index (κ1) is 32.9. The number of halogens is 6. The van der Waals surface area contributed by atoms with Crippen molar-refractivity contribution in [2.75, 3.05) is 19.0 Å². The van der Waals surface area contributed by atoms with E-state index in [0.29, 0.717) is 34.0 Å². The van der Waals surface area contributed by atoms with Gasteiger partial charge in [0.2, 0.25) is 5.69 Å². The van der Waals surface area contributed by atoms with E-state index >= 15 is 0 Å². The van der Waals surface area contributed by atoms with E-state index in [1.54, 1.807) is 24.3 Å². The van der Waals surface area contributed by atoms with Crippen molar-refractivity contribution in [2.45, 2.75) is 50.9 Å². The summed E-state index contributed by atoms with van der Waals surface area (Å²) in [5.74, 6) is 1.08. The molecule has 2 heterocycles. The molecule has 0 spiro atoms. The molecule has 0 aliphatic carbocycles. The number of benzene rings is 3. The Kier molecular flexibility index (Phi) is 8.34. The fourth-order valence-electron chi connectivity index (χ4n) is 6.24. The molecule has 0 fully saturated rings. The average Bonchev–Trinajstić information content (AvgIpc) is 3.29. The van der Waals surface area contributed by atoms with Crippen LogP contribution in [0.4, 0.5) is 37.7 Å². The molecule has 0 N–H and O–H groups in total. The van der Waals surface area contributed by atoms with Crippen molar-refractivity contribution in [3.8, 4) is 5.75 Å². The summed E-state index contributed by atoms with van der Waals surface area (Å²) in [5, 5.41) is 0. The molecule has 0 radical (unpaired) electrons. The Morgan fingerprint density at radius 3 is 2.02 bits per heavy atom. The highest BCUT2D eigenvalue weighted by Gasteiger charge is 2.45. The van der Waals surface area contributed by atoms with E-state index in [2.05, 4.69) is 0 Å². The van der Waals surface area contributed by atoms with Gasteiger partial charge in [-0.05, 0) is 80.1 Å². The summed E-state index contributed by atoms with van der Waals surface area (Å²) in [7, 11) is 3.65. The van der Waals surface area contributed by atoms with Crippen LogP contribution < -0.4 is 9.64 Å². The highest BCUT2D eigenvalue weighted by molar-refractivity contribution is 6.03. The van der Waals surface area contributed by atoms with Crippen LogP contribution in [-0.4, -0.2) is 24.4 Å². The molecular weight excluding hydrogens is 602 g/mol. The molecule has 46 heavy (non-hydrogen) atoms. The molecule has 3 aromatic rings. The summed E-state index contributed by atoms with van der Waals surface area (Å²) in [4.78, 5) is 1.89. The van der Waals surface area contributed by atoms with E-state index < -0.39 is 34.3 Å². The summed E-state index contributed by atoms with van der Waals surface area (Å²) in [5.41, 5.74) is 1.49. The van der Waals surface area contributed by atoms with E-state index in [1.165, 1.54) is 24.3 Å². The van der Waals surface area contributed by atoms with Gasteiger partial charge in [-0.3, -0.25) is 0 Å². The van der Waals surface area contributed by atoms with Crippen LogP contribution in [0.15, 0.2) is 115 Å². The first-order valence-electron chi connectivity index (χ1n) is 14.7. The predicted molar refractivity (Wildman–Crippen MR) is 170 cm³/mol. The number of para-hydroxylation sites is 1.